The van der Waals surface area contributed by atoms with Crippen molar-refractivity contribution >= 4 is 51.4 Å². The predicted molar refractivity (Wildman–Crippen MR) is 82.3 cm³/mol. The first-order chi connectivity index (χ1) is 9.56. The number of aromatic nitrogens is 1. The van der Waals surface area contributed by atoms with E-state index in [0.717, 1.165) is 16.5 Å². The molecule has 0 radical (unpaired) electrons. The van der Waals surface area contributed by atoms with E-state index in [2.05, 4.69) is 0 Å². The zero-order valence-corrected chi connectivity index (χ0v) is 12.5. The molecule has 0 aliphatic carbocycles. The van der Waals surface area contributed by atoms with Crippen LogP contribution in [-0.4, -0.2) is 15.6 Å². The molecule has 0 fully saturated rings. The first-order valence-electron chi connectivity index (χ1n) is 5.80. The van der Waals surface area contributed by atoms with E-state index >= 15 is 0 Å². The lowest BCUT2D eigenvalue weighted by Crippen LogP contribution is -2.03. The van der Waals surface area contributed by atoms with E-state index in [9.17, 15) is 4.79 Å². The highest BCUT2D eigenvalue weighted by Gasteiger charge is 2.13. The highest BCUT2D eigenvalue weighted by atomic mass is 35.5. The fraction of sp³-hybridized carbons (Fsp3) is 0.0714. The Kier molecular flexibility index (Phi) is 3.46. The van der Waals surface area contributed by atoms with Crippen LogP contribution in [0.25, 0.3) is 10.9 Å². The number of aromatic carboxylic acids is 1. The summed E-state index contributed by atoms with van der Waals surface area (Å²) in [7, 11) is 0. The summed E-state index contributed by atoms with van der Waals surface area (Å²) < 4.78 is 1.95. The average molecular weight is 326 g/mol. The number of hydrogen-bond donors (Lipinski definition) is 1. The van der Waals surface area contributed by atoms with Crippen molar-refractivity contribution in [2.24, 2.45) is 0 Å². The van der Waals surface area contributed by atoms with Crippen LogP contribution in [0.5, 0.6) is 0 Å². The maximum atomic E-state index is 11.1. The van der Waals surface area contributed by atoms with Crippen LogP contribution in [0.4, 0.5) is 0 Å². The summed E-state index contributed by atoms with van der Waals surface area (Å²) in [5, 5.41) is 13.0. The van der Waals surface area contributed by atoms with E-state index < -0.39 is 5.97 Å². The van der Waals surface area contributed by atoms with Crippen molar-refractivity contribution < 1.29 is 9.90 Å². The summed E-state index contributed by atoms with van der Waals surface area (Å²) in [4.78, 5) is 11.5. The Hall–Kier alpha value is -1.49. The van der Waals surface area contributed by atoms with Crippen LogP contribution >= 0.6 is 34.5 Å². The van der Waals surface area contributed by atoms with Gasteiger partial charge in [-0.25, -0.2) is 4.79 Å². The minimum absolute atomic E-state index is 0.361. The third-order valence-corrected chi connectivity index (χ3v) is 4.56. The van der Waals surface area contributed by atoms with Gasteiger partial charge in [0.2, 0.25) is 0 Å². The van der Waals surface area contributed by atoms with Crippen molar-refractivity contribution in [2.75, 3.05) is 0 Å². The predicted octanol–water partition coefficient (Wildman–Crippen LogP) is 4.76. The maximum Gasteiger partial charge on any atom is 0.346 e. The number of carboxylic acids is 1. The van der Waals surface area contributed by atoms with E-state index in [0.29, 0.717) is 21.5 Å². The molecular formula is C14H9Cl2NO2S. The van der Waals surface area contributed by atoms with Crippen molar-refractivity contribution in [3.05, 3.63) is 56.3 Å². The number of benzene rings is 1. The van der Waals surface area contributed by atoms with Crippen molar-refractivity contribution in [3.8, 4) is 0 Å². The monoisotopic (exact) mass is 325 g/mol. The van der Waals surface area contributed by atoms with Crippen LogP contribution < -0.4 is 0 Å². The molecule has 0 aliphatic heterocycles. The van der Waals surface area contributed by atoms with E-state index in [-0.39, 0.29) is 0 Å². The Morgan fingerprint density at radius 3 is 2.85 bits per heavy atom. The number of fused-ring (bicyclic) bond motifs is 1. The van der Waals surface area contributed by atoms with Gasteiger partial charge in [0.05, 0.1) is 10.5 Å². The number of carbonyl (C=O) groups is 1. The van der Waals surface area contributed by atoms with Gasteiger partial charge in [0.1, 0.15) is 4.88 Å². The number of hydrogen-bond acceptors (Lipinski definition) is 2. The SMILES string of the molecule is O=C(O)c1sccc1Cn1ccc2c(Cl)cc(Cl)cc21. The van der Waals surface area contributed by atoms with Gasteiger partial charge in [0.25, 0.3) is 0 Å². The first kappa shape index (κ1) is 13.5. The highest BCUT2D eigenvalue weighted by Crippen LogP contribution is 2.29. The minimum Gasteiger partial charge on any atom is -0.477 e. The molecule has 6 heteroatoms. The van der Waals surface area contributed by atoms with Gasteiger partial charge in [-0.1, -0.05) is 23.2 Å². The summed E-state index contributed by atoms with van der Waals surface area (Å²) in [6.45, 7) is 0.477. The number of halogens is 2. The molecule has 1 aromatic carbocycles. The lowest BCUT2D eigenvalue weighted by atomic mass is 10.2. The van der Waals surface area contributed by atoms with Crippen LogP contribution in [0.1, 0.15) is 15.2 Å². The summed E-state index contributed by atoms with van der Waals surface area (Å²) in [5.74, 6) is -0.900. The summed E-state index contributed by atoms with van der Waals surface area (Å²) in [6.07, 6.45) is 1.89. The molecule has 20 heavy (non-hydrogen) atoms. The molecule has 1 N–H and O–H groups in total. The van der Waals surface area contributed by atoms with Crippen LogP contribution in [0, 0.1) is 0 Å². The van der Waals surface area contributed by atoms with Gasteiger partial charge >= 0.3 is 5.97 Å². The third kappa shape index (κ3) is 2.30. The molecular weight excluding hydrogens is 317 g/mol. The van der Waals surface area contributed by atoms with Crippen molar-refractivity contribution in [1.29, 1.82) is 0 Å². The minimum atomic E-state index is -0.900. The second-order valence-corrected chi connectivity index (χ2v) is 6.10. The molecule has 0 atom stereocenters. The topological polar surface area (TPSA) is 42.2 Å². The summed E-state index contributed by atoms with van der Waals surface area (Å²) >= 11 is 13.4. The normalized spacial score (nSPS) is 11.1. The Labute approximate surface area is 129 Å². The molecule has 0 amide bonds. The summed E-state index contributed by atoms with van der Waals surface area (Å²) in [5.41, 5.74) is 1.67. The summed E-state index contributed by atoms with van der Waals surface area (Å²) in [6, 6.07) is 7.26. The molecule has 3 aromatic rings. The largest absolute Gasteiger partial charge is 0.477 e. The van der Waals surface area contributed by atoms with Crippen molar-refractivity contribution in [3.63, 3.8) is 0 Å². The molecule has 0 aliphatic rings. The second kappa shape index (κ2) is 5.13. The Morgan fingerprint density at radius 2 is 2.10 bits per heavy atom. The number of rotatable bonds is 3. The molecule has 2 heterocycles. The van der Waals surface area contributed by atoms with Crippen LogP contribution in [0.15, 0.2) is 35.8 Å². The zero-order valence-electron chi connectivity index (χ0n) is 10.1. The van der Waals surface area contributed by atoms with Crippen molar-refractivity contribution in [1.82, 2.24) is 4.57 Å². The Morgan fingerprint density at radius 1 is 1.30 bits per heavy atom. The fourth-order valence-electron chi connectivity index (χ4n) is 2.19. The third-order valence-electron chi connectivity index (χ3n) is 3.08. The Bertz CT molecular complexity index is 807. The molecule has 0 saturated heterocycles. The maximum absolute atomic E-state index is 11.1. The van der Waals surface area contributed by atoms with E-state index in [1.807, 2.05) is 29.0 Å². The van der Waals surface area contributed by atoms with Gasteiger partial charge in [0, 0.05) is 23.2 Å². The fourth-order valence-corrected chi connectivity index (χ4v) is 3.49. The van der Waals surface area contributed by atoms with E-state index in [4.69, 9.17) is 28.3 Å². The van der Waals surface area contributed by atoms with Gasteiger partial charge in [-0.15, -0.1) is 11.3 Å². The van der Waals surface area contributed by atoms with E-state index in [1.165, 1.54) is 11.3 Å². The quantitative estimate of drug-likeness (QED) is 0.754. The number of carboxylic acid groups (broad SMARTS) is 1. The van der Waals surface area contributed by atoms with E-state index in [1.54, 1.807) is 11.4 Å². The molecule has 2 aromatic heterocycles. The van der Waals surface area contributed by atoms with Crippen LogP contribution in [0.2, 0.25) is 10.0 Å². The molecule has 3 rings (SSSR count). The van der Waals surface area contributed by atoms with Gasteiger partial charge in [-0.3, -0.25) is 0 Å². The first-order valence-corrected chi connectivity index (χ1v) is 7.43. The highest BCUT2D eigenvalue weighted by molar-refractivity contribution is 7.12. The van der Waals surface area contributed by atoms with Gasteiger partial charge in [-0.05, 0) is 35.2 Å². The van der Waals surface area contributed by atoms with Crippen molar-refractivity contribution in [2.45, 2.75) is 6.54 Å². The average Bonchev–Trinajstić information content (AvgIpc) is 2.97. The van der Waals surface area contributed by atoms with Crippen LogP contribution in [0.3, 0.4) is 0 Å². The molecule has 0 bridgehead atoms. The van der Waals surface area contributed by atoms with Crippen LogP contribution in [-0.2, 0) is 6.54 Å². The molecule has 102 valence electrons. The second-order valence-electron chi connectivity index (χ2n) is 4.34. The standard InChI is InChI=1S/C14H9Cl2NO2S/c15-9-5-11(16)10-1-3-17(12(10)6-9)7-8-2-4-20-13(8)14(18)19/h1-6H,7H2,(H,18,19). The molecule has 0 saturated carbocycles. The van der Waals surface area contributed by atoms with Gasteiger partial charge < -0.3 is 9.67 Å². The number of thiophene rings is 1. The zero-order chi connectivity index (χ0) is 14.3. The molecule has 0 spiro atoms. The lowest BCUT2D eigenvalue weighted by Gasteiger charge is -2.06. The molecule has 3 nitrogen and oxygen atoms in total. The molecule has 0 unspecified atom stereocenters. The lowest BCUT2D eigenvalue weighted by molar-refractivity contribution is 0.0701. The van der Waals surface area contributed by atoms with Gasteiger partial charge in [0.15, 0.2) is 0 Å². The van der Waals surface area contributed by atoms with Gasteiger partial charge in [-0.2, -0.15) is 0 Å². The number of nitrogens with zero attached hydrogens (tertiary/aromatic N) is 1. The Balaban J connectivity index is 2.07. The smallest absolute Gasteiger partial charge is 0.346 e.